The molecule has 2 aromatic rings. The van der Waals surface area contributed by atoms with Gasteiger partial charge in [-0.15, -0.1) is 0 Å². The normalized spacial score (nSPS) is 21.4. The van der Waals surface area contributed by atoms with E-state index >= 15 is 0 Å². The Morgan fingerprint density at radius 2 is 1.88 bits per heavy atom. The minimum Gasteiger partial charge on any atom is -0.508 e. The van der Waals surface area contributed by atoms with Crippen molar-refractivity contribution in [2.75, 3.05) is 13.2 Å². The minimum atomic E-state index is -0.564. The predicted molar refractivity (Wildman–Crippen MR) is 85.5 cm³/mol. The van der Waals surface area contributed by atoms with E-state index in [-0.39, 0.29) is 48.2 Å². The predicted octanol–water partition coefficient (Wildman–Crippen LogP) is 1.94. The number of aliphatic hydroxyl groups is 1. The lowest BCUT2D eigenvalue weighted by molar-refractivity contribution is 0.0452. The van der Waals surface area contributed by atoms with Crippen LogP contribution in [-0.4, -0.2) is 40.4 Å². The second-order valence-electron chi connectivity index (χ2n) is 6.01. The van der Waals surface area contributed by atoms with E-state index in [0.717, 1.165) is 6.07 Å². The van der Waals surface area contributed by atoms with Gasteiger partial charge in [0.25, 0.3) is 0 Å². The number of phenols is 2. The Balaban J connectivity index is 1.64. The van der Waals surface area contributed by atoms with E-state index in [0.29, 0.717) is 17.1 Å². The van der Waals surface area contributed by atoms with Crippen molar-refractivity contribution in [1.82, 2.24) is 0 Å². The average molecular weight is 344 g/mol. The number of rotatable bonds is 2. The van der Waals surface area contributed by atoms with E-state index in [2.05, 4.69) is 0 Å². The fourth-order valence-corrected chi connectivity index (χ4v) is 3.03. The third kappa shape index (κ3) is 2.72. The Hall–Kier alpha value is -2.93. The first-order valence-corrected chi connectivity index (χ1v) is 7.85. The first kappa shape index (κ1) is 15.6. The molecule has 0 saturated heterocycles. The molecule has 2 heterocycles. The van der Waals surface area contributed by atoms with Gasteiger partial charge in [-0.25, -0.2) is 0 Å². The summed E-state index contributed by atoms with van der Waals surface area (Å²) in [7, 11) is 0. The number of hydrogen-bond donors (Lipinski definition) is 3. The van der Waals surface area contributed by atoms with E-state index < -0.39 is 12.2 Å². The molecule has 2 aliphatic heterocycles. The number of aromatic hydroxyl groups is 2. The number of carbonyl (C=O) groups is 1. The third-order valence-corrected chi connectivity index (χ3v) is 4.25. The van der Waals surface area contributed by atoms with Gasteiger partial charge < -0.3 is 29.5 Å². The number of Topliss-reactive ketones (excluding diaryl/α,β-unsaturated/α-hetero) is 1. The van der Waals surface area contributed by atoms with Crippen molar-refractivity contribution in [3.05, 3.63) is 41.5 Å². The first-order valence-electron chi connectivity index (χ1n) is 7.85. The summed E-state index contributed by atoms with van der Waals surface area (Å²) in [6.45, 7) is 0.104. The molecule has 0 spiro atoms. The maximum atomic E-state index is 12.4. The SMILES string of the molecule is O=C1CC(c2ccc3c(c2)OCC(CO)O3)Oc2cc(O)cc(O)c21. The molecule has 0 fully saturated rings. The molecule has 2 unspecified atom stereocenters. The van der Waals surface area contributed by atoms with Crippen molar-refractivity contribution in [1.29, 1.82) is 0 Å². The van der Waals surface area contributed by atoms with Crippen LogP contribution in [0.25, 0.3) is 0 Å². The van der Waals surface area contributed by atoms with E-state index in [1.807, 2.05) is 0 Å². The molecule has 0 radical (unpaired) electrons. The highest BCUT2D eigenvalue weighted by atomic mass is 16.6. The molecule has 25 heavy (non-hydrogen) atoms. The summed E-state index contributed by atoms with van der Waals surface area (Å²) in [5.74, 6) is 0.445. The number of ether oxygens (including phenoxy) is 3. The van der Waals surface area contributed by atoms with Crippen LogP contribution < -0.4 is 14.2 Å². The van der Waals surface area contributed by atoms with Crippen molar-refractivity contribution in [3.8, 4) is 28.7 Å². The largest absolute Gasteiger partial charge is 0.508 e. The lowest BCUT2D eigenvalue weighted by atomic mass is 9.95. The van der Waals surface area contributed by atoms with Gasteiger partial charge in [0.1, 0.15) is 35.5 Å². The number of phenolic OH excluding ortho intramolecular Hbond substituents is 2. The van der Waals surface area contributed by atoms with Crippen molar-refractivity contribution >= 4 is 5.78 Å². The fourth-order valence-electron chi connectivity index (χ4n) is 3.03. The number of aliphatic hydroxyl groups excluding tert-OH is 1. The lowest BCUT2D eigenvalue weighted by Crippen LogP contribution is -2.32. The highest BCUT2D eigenvalue weighted by Crippen LogP contribution is 2.43. The van der Waals surface area contributed by atoms with E-state index in [9.17, 15) is 15.0 Å². The summed E-state index contributed by atoms with van der Waals surface area (Å²) >= 11 is 0. The lowest BCUT2D eigenvalue weighted by Gasteiger charge is -2.28. The number of hydrogen-bond acceptors (Lipinski definition) is 7. The van der Waals surface area contributed by atoms with Crippen LogP contribution in [0, 0.1) is 0 Å². The molecule has 2 atom stereocenters. The van der Waals surface area contributed by atoms with Gasteiger partial charge in [0.05, 0.1) is 13.0 Å². The van der Waals surface area contributed by atoms with Crippen molar-refractivity contribution in [2.45, 2.75) is 18.6 Å². The van der Waals surface area contributed by atoms with Crippen molar-refractivity contribution < 1.29 is 34.3 Å². The zero-order valence-corrected chi connectivity index (χ0v) is 13.1. The molecule has 7 nitrogen and oxygen atoms in total. The molecule has 0 aromatic heterocycles. The molecular weight excluding hydrogens is 328 g/mol. The van der Waals surface area contributed by atoms with Crippen LogP contribution in [0.1, 0.15) is 28.4 Å². The van der Waals surface area contributed by atoms with E-state index in [1.165, 1.54) is 6.07 Å². The van der Waals surface area contributed by atoms with Crippen molar-refractivity contribution in [2.24, 2.45) is 0 Å². The van der Waals surface area contributed by atoms with E-state index in [4.69, 9.17) is 19.3 Å². The average Bonchev–Trinajstić information content (AvgIpc) is 2.59. The van der Waals surface area contributed by atoms with Crippen LogP contribution in [0.2, 0.25) is 0 Å². The van der Waals surface area contributed by atoms with Gasteiger partial charge in [-0.1, -0.05) is 6.07 Å². The summed E-state index contributed by atoms with van der Waals surface area (Å²) in [6, 6.07) is 7.61. The molecule has 130 valence electrons. The minimum absolute atomic E-state index is 0.0598. The van der Waals surface area contributed by atoms with Gasteiger partial charge >= 0.3 is 0 Å². The molecule has 2 aromatic carbocycles. The van der Waals surface area contributed by atoms with Gasteiger partial charge in [0, 0.05) is 12.1 Å². The van der Waals surface area contributed by atoms with Gasteiger partial charge in [-0.05, 0) is 17.7 Å². The van der Waals surface area contributed by atoms with Crippen molar-refractivity contribution in [3.63, 3.8) is 0 Å². The second-order valence-corrected chi connectivity index (χ2v) is 6.01. The summed E-state index contributed by atoms with van der Waals surface area (Å²) in [6.07, 6.45) is -0.904. The summed E-state index contributed by atoms with van der Waals surface area (Å²) in [5.41, 5.74) is 0.795. The topological polar surface area (TPSA) is 105 Å². The molecule has 2 aliphatic rings. The molecule has 4 rings (SSSR count). The molecule has 0 aliphatic carbocycles. The Kier molecular flexibility index (Phi) is 3.65. The summed E-state index contributed by atoms with van der Waals surface area (Å²) in [5, 5.41) is 28.6. The quantitative estimate of drug-likeness (QED) is 0.764. The van der Waals surface area contributed by atoms with Gasteiger partial charge in [-0.2, -0.15) is 0 Å². The Morgan fingerprint density at radius 1 is 1.04 bits per heavy atom. The molecular formula is C18H16O7. The standard InChI is InChI=1S/C18H16O7/c19-7-11-8-23-16-3-9(1-2-14(16)24-11)15-6-13(22)18-12(21)4-10(20)5-17(18)25-15/h1-5,11,15,19-21H,6-8H2. The highest BCUT2D eigenvalue weighted by Gasteiger charge is 2.32. The van der Waals surface area contributed by atoms with Crippen LogP contribution in [0.4, 0.5) is 0 Å². The Labute approximate surface area is 143 Å². The van der Waals surface area contributed by atoms with Crippen LogP contribution in [-0.2, 0) is 0 Å². The fraction of sp³-hybridized carbons (Fsp3) is 0.278. The molecule has 7 heteroatoms. The summed E-state index contributed by atoms with van der Waals surface area (Å²) < 4.78 is 17.0. The second kappa shape index (κ2) is 5.86. The molecule has 0 amide bonds. The number of benzene rings is 2. The van der Waals surface area contributed by atoms with Crippen LogP contribution in [0.3, 0.4) is 0 Å². The Bertz CT molecular complexity index is 846. The molecule has 0 saturated carbocycles. The number of ketones is 1. The first-order chi connectivity index (χ1) is 12.0. The summed E-state index contributed by atoms with van der Waals surface area (Å²) in [4.78, 5) is 12.4. The van der Waals surface area contributed by atoms with Gasteiger partial charge in [0.2, 0.25) is 0 Å². The zero-order valence-electron chi connectivity index (χ0n) is 13.1. The molecule has 3 N–H and O–H groups in total. The maximum absolute atomic E-state index is 12.4. The maximum Gasteiger partial charge on any atom is 0.174 e. The van der Waals surface area contributed by atoms with Gasteiger partial charge in [0.15, 0.2) is 23.4 Å². The van der Waals surface area contributed by atoms with Crippen LogP contribution in [0.15, 0.2) is 30.3 Å². The van der Waals surface area contributed by atoms with Crippen LogP contribution in [0.5, 0.6) is 28.7 Å². The van der Waals surface area contributed by atoms with Gasteiger partial charge in [-0.3, -0.25) is 4.79 Å². The highest BCUT2D eigenvalue weighted by molar-refractivity contribution is 6.02. The van der Waals surface area contributed by atoms with E-state index in [1.54, 1.807) is 18.2 Å². The zero-order chi connectivity index (χ0) is 17.6. The van der Waals surface area contributed by atoms with Crippen LogP contribution >= 0.6 is 0 Å². The Morgan fingerprint density at radius 3 is 2.68 bits per heavy atom. The monoisotopic (exact) mass is 344 g/mol. The smallest absolute Gasteiger partial charge is 0.174 e. The number of carbonyl (C=O) groups excluding carboxylic acids is 1. The molecule has 0 bridgehead atoms. The number of fused-ring (bicyclic) bond motifs is 2. The third-order valence-electron chi connectivity index (χ3n) is 4.25.